The highest BCUT2D eigenvalue weighted by Gasteiger charge is 2.65. The van der Waals surface area contributed by atoms with Crippen molar-refractivity contribution in [1.29, 1.82) is 0 Å². The SMILES string of the molecule is CCC(C)NC(=O)[C@H]1[C@@H](C(=O)O)C1(C)C. The molecule has 4 nitrogen and oxygen atoms in total. The van der Waals surface area contributed by atoms with Crippen LogP contribution in [0, 0.1) is 17.3 Å². The molecule has 1 rings (SSSR count). The van der Waals surface area contributed by atoms with Crippen LogP contribution in [0.5, 0.6) is 0 Å². The van der Waals surface area contributed by atoms with Gasteiger partial charge in [-0.05, 0) is 18.8 Å². The second-order valence-electron chi connectivity index (χ2n) is 4.93. The maximum absolute atomic E-state index is 11.7. The lowest BCUT2D eigenvalue weighted by Gasteiger charge is -2.11. The normalized spacial score (nSPS) is 29.3. The fourth-order valence-electron chi connectivity index (χ4n) is 2.02. The van der Waals surface area contributed by atoms with Gasteiger partial charge in [0.15, 0.2) is 0 Å². The lowest BCUT2D eigenvalue weighted by molar-refractivity contribution is -0.140. The Morgan fingerprint density at radius 3 is 2.27 bits per heavy atom. The number of aliphatic carboxylic acids is 1. The molecule has 0 aromatic rings. The molecule has 1 fully saturated rings. The Kier molecular flexibility index (Phi) is 3.07. The molecule has 0 spiro atoms. The van der Waals surface area contributed by atoms with Crippen LogP contribution in [0.3, 0.4) is 0 Å². The molecule has 0 aliphatic heterocycles. The lowest BCUT2D eigenvalue weighted by atomic mass is 10.1. The molecule has 1 amide bonds. The zero-order chi connectivity index (χ0) is 11.8. The summed E-state index contributed by atoms with van der Waals surface area (Å²) in [4.78, 5) is 22.6. The van der Waals surface area contributed by atoms with E-state index in [0.717, 1.165) is 6.42 Å². The largest absolute Gasteiger partial charge is 0.481 e. The molecule has 86 valence electrons. The zero-order valence-electron chi connectivity index (χ0n) is 9.70. The predicted octanol–water partition coefficient (Wildman–Crippen LogP) is 1.26. The monoisotopic (exact) mass is 213 g/mol. The molecule has 4 heteroatoms. The highest BCUT2D eigenvalue weighted by atomic mass is 16.4. The van der Waals surface area contributed by atoms with Crippen LogP contribution in [0.4, 0.5) is 0 Å². The molecule has 0 radical (unpaired) electrons. The van der Waals surface area contributed by atoms with E-state index < -0.39 is 17.3 Å². The summed E-state index contributed by atoms with van der Waals surface area (Å²) in [5, 5.41) is 11.7. The quantitative estimate of drug-likeness (QED) is 0.738. The van der Waals surface area contributed by atoms with Crippen LogP contribution in [0.25, 0.3) is 0 Å². The highest BCUT2D eigenvalue weighted by molar-refractivity contribution is 5.91. The third-order valence-corrected chi connectivity index (χ3v) is 3.38. The van der Waals surface area contributed by atoms with Gasteiger partial charge in [-0.1, -0.05) is 20.8 Å². The molecule has 2 N–H and O–H groups in total. The van der Waals surface area contributed by atoms with Gasteiger partial charge in [0.2, 0.25) is 5.91 Å². The van der Waals surface area contributed by atoms with Crippen molar-refractivity contribution in [1.82, 2.24) is 5.32 Å². The molecule has 0 aromatic heterocycles. The van der Waals surface area contributed by atoms with Crippen molar-refractivity contribution < 1.29 is 14.7 Å². The van der Waals surface area contributed by atoms with Crippen LogP contribution in [-0.4, -0.2) is 23.0 Å². The Labute approximate surface area is 90.0 Å². The summed E-state index contributed by atoms with van der Waals surface area (Å²) in [6.07, 6.45) is 0.858. The number of amides is 1. The average molecular weight is 213 g/mol. The van der Waals surface area contributed by atoms with Crippen LogP contribution >= 0.6 is 0 Å². The van der Waals surface area contributed by atoms with Crippen molar-refractivity contribution in [2.75, 3.05) is 0 Å². The van der Waals surface area contributed by atoms with Crippen molar-refractivity contribution in [3.05, 3.63) is 0 Å². The summed E-state index contributed by atoms with van der Waals surface area (Å²) >= 11 is 0. The third-order valence-electron chi connectivity index (χ3n) is 3.38. The van der Waals surface area contributed by atoms with Gasteiger partial charge >= 0.3 is 5.97 Å². The molecule has 1 unspecified atom stereocenters. The van der Waals surface area contributed by atoms with Gasteiger partial charge in [-0.2, -0.15) is 0 Å². The van der Waals surface area contributed by atoms with E-state index in [1.54, 1.807) is 0 Å². The first kappa shape index (κ1) is 12.0. The number of carboxylic acid groups (broad SMARTS) is 1. The van der Waals surface area contributed by atoms with E-state index in [0.29, 0.717) is 0 Å². The van der Waals surface area contributed by atoms with E-state index in [1.807, 2.05) is 27.7 Å². The van der Waals surface area contributed by atoms with E-state index in [4.69, 9.17) is 5.11 Å². The molecule has 0 saturated heterocycles. The first-order chi connectivity index (χ1) is 6.82. The Bertz CT molecular complexity index is 286. The van der Waals surface area contributed by atoms with Gasteiger partial charge in [0.1, 0.15) is 0 Å². The smallest absolute Gasteiger partial charge is 0.307 e. The fraction of sp³-hybridized carbons (Fsp3) is 0.818. The van der Waals surface area contributed by atoms with E-state index >= 15 is 0 Å². The summed E-state index contributed by atoms with van der Waals surface area (Å²) < 4.78 is 0. The molecule has 1 saturated carbocycles. The minimum absolute atomic E-state index is 0.114. The Balaban J connectivity index is 2.60. The van der Waals surface area contributed by atoms with Gasteiger partial charge in [0, 0.05) is 6.04 Å². The summed E-state index contributed by atoms with van der Waals surface area (Å²) in [7, 11) is 0. The molecule has 1 aliphatic rings. The van der Waals surface area contributed by atoms with E-state index in [-0.39, 0.29) is 17.9 Å². The minimum atomic E-state index is -0.871. The van der Waals surface area contributed by atoms with E-state index in [2.05, 4.69) is 5.32 Å². The lowest BCUT2D eigenvalue weighted by Crippen LogP contribution is -2.34. The van der Waals surface area contributed by atoms with Crippen molar-refractivity contribution in [2.45, 2.75) is 40.2 Å². The molecular weight excluding hydrogens is 194 g/mol. The van der Waals surface area contributed by atoms with Crippen molar-refractivity contribution in [3.63, 3.8) is 0 Å². The van der Waals surface area contributed by atoms with Gasteiger partial charge in [-0.15, -0.1) is 0 Å². The Hall–Kier alpha value is -1.06. The summed E-state index contributed by atoms with van der Waals surface area (Å²) in [5.41, 5.74) is -0.399. The number of nitrogens with one attached hydrogen (secondary N) is 1. The Morgan fingerprint density at radius 2 is 1.93 bits per heavy atom. The Morgan fingerprint density at radius 1 is 1.40 bits per heavy atom. The second kappa shape index (κ2) is 3.83. The number of carbonyl (C=O) groups excluding carboxylic acids is 1. The summed E-state index contributed by atoms with van der Waals surface area (Å²) in [5.74, 6) is -1.89. The summed E-state index contributed by atoms with van der Waals surface area (Å²) in [6.45, 7) is 7.56. The first-order valence-electron chi connectivity index (χ1n) is 5.35. The second-order valence-corrected chi connectivity index (χ2v) is 4.93. The van der Waals surface area contributed by atoms with Crippen LogP contribution in [0.15, 0.2) is 0 Å². The van der Waals surface area contributed by atoms with Gasteiger partial charge < -0.3 is 10.4 Å². The van der Waals surface area contributed by atoms with Gasteiger partial charge in [0.25, 0.3) is 0 Å². The van der Waals surface area contributed by atoms with Crippen molar-refractivity contribution in [2.24, 2.45) is 17.3 Å². The number of rotatable bonds is 4. The van der Waals surface area contributed by atoms with E-state index in [9.17, 15) is 9.59 Å². The van der Waals surface area contributed by atoms with Crippen molar-refractivity contribution >= 4 is 11.9 Å². The molecule has 3 atom stereocenters. The standard InChI is InChI=1S/C11H19NO3/c1-5-6(2)12-9(13)7-8(10(14)15)11(7,3)4/h6-8H,5H2,1-4H3,(H,12,13)(H,14,15)/t6?,7-,8+/m1/s1. The van der Waals surface area contributed by atoms with Gasteiger partial charge in [0.05, 0.1) is 11.8 Å². The summed E-state index contributed by atoms with van der Waals surface area (Å²) in [6, 6.07) is 0.114. The zero-order valence-corrected chi connectivity index (χ0v) is 9.70. The maximum atomic E-state index is 11.7. The molecule has 1 aliphatic carbocycles. The number of hydrogen-bond donors (Lipinski definition) is 2. The van der Waals surface area contributed by atoms with Crippen LogP contribution in [0.1, 0.15) is 34.1 Å². The van der Waals surface area contributed by atoms with E-state index in [1.165, 1.54) is 0 Å². The highest BCUT2D eigenvalue weighted by Crippen LogP contribution is 2.58. The predicted molar refractivity (Wildman–Crippen MR) is 56.3 cm³/mol. The molecule has 0 heterocycles. The number of carboxylic acids is 1. The topological polar surface area (TPSA) is 66.4 Å². The van der Waals surface area contributed by atoms with Crippen LogP contribution in [0.2, 0.25) is 0 Å². The molecular formula is C11H19NO3. The minimum Gasteiger partial charge on any atom is -0.481 e. The van der Waals surface area contributed by atoms with Gasteiger partial charge in [-0.3, -0.25) is 9.59 Å². The number of carbonyl (C=O) groups is 2. The van der Waals surface area contributed by atoms with Crippen molar-refractivity contribution in [3.8, 4) is 0 Å². The first-order valence-corrected chi connectivity index (χ1v) is 5.35. The van der Waals surface area contributed by atoms with Gasteiger partial charge in [-0.25, -0.2) is 0 Å². The average Bonchev–Trinajstić information content (AvgIpc) is 2.68. The molecule has 0 aromatic carbocycles. The van der Waals surface area contributed by atoms with Crippen LogP contribution in [-0.2, 0) is 9.59 Å². The fourth-order valence-corrected chi connectivity index (χ4v) is 2.02. The molecule has 15 heavy (non-hydrogen) atoms. The maximum Gasteiger partial charge on any atom is 0.307 e. The number of hydrogen-bond acceptors (Lipinski definition) is 2. The third kappa shape index (κ3) is 2.13. The molecule has 0 bridgehead atoms. The van der Waals surface area contributed by atoms with Crippen LogP contribution < -0.4 is 5.32 Å².